The van der Waals surface area contributed by atoms with Gasteiger partial charge in [-0.05, 0) is 42.2 Å². The Morgan fingerprint density at radius 1 is 1.28 bits per heavy atom. The topological polar surface area (TPSA) is 106 Å². The molecular formula is C19H29N5O4S. The zero-order valence-electron chi connectivity index (χ0n) is 17.2. The largest absolute Gasteiger partial charge is 0.385 e. The minimum absolute atomic E-state index is 0.140. The summed E-state index contributed by atoms with van der Waals surface area (Å²) in [4.78, 5) is 19.0. The molecule has 160 valence electrons. The van der Waals surface area contributed by atoms with Gasteiger partial charge in [0.25, 0.3) is 5.91 Å². The molecule has 0 radical (unpaired) electrons. The molecular weight excluding hydrogens is 394 g/mol. The van der Waals surface area contributed by atoms with Crippen LogP contribution in [0.4, 0.5) is 0 Å². The van der Waals surface area contributed by atoms with Gasteiger partial charge in [-0.2, -0.15) is 4.31 Å². The molecule has 1 amide bonds. The predicted octanol–water partition coefficient (Wildman–Crippen LogP) is 1.59. The molecule has 3 rings (SSSR count). The van der Waals surface area contributed by atoms with Crippen LogP contribution in [0, 0.1) is 5.92 Å². The molecule has 1 aromatic heterocycles. The van der Waals surface area contributed by atoms with Crippen LogP contribution in [0.15, 0.2) is 23.1 Å². The van der Waals surface area contributed by atoms with E-state index in [0.717, 1.165) is 24.1 Å². The molecule has 1 saturated carbocycles. The molecule has 1 aliphatic carbocycles. The van der Waals surface area contributed by atoms with Crippen LogP contribution in [0.3, 0.4) is 0 Å². The highest BCUT2D eigenvalue weighted by atomic mass is 32.2. The summed E-state index contributed by atoms with van der Waals surface area (Å²) < 4.78 is 26.9. The van der Waals surface area contributed by atoms with E-state index in [4.69, 9.17) is 4.84 Å². The van der Waals surface area contributed by atoms with E-state index in [1.807, 2.05) is 0 Å². The Kier molecular flexibility index (Phi) is 6.74. The maximum Gasteiger partial charge on any atom is 0.261 e. The third-order valence-electron chi connectivity index (χ3n) is 5.51. The first-order valence-corrected chi connectivity index (χ1v) is 11.6. The summed E-state index contributed by atoms with van der Waals surface area (Å²) in [5.74, 6) is 0.229. The number of aromatic nitrogens is 3. The SMILES string of the molecule is CCN(CC)S(=O)(=O)c1ccc2nnn(OCC(=O)N[C@@H]3CCCC[C@H]3C)c2c1. The van der Waals surface area contributed by atoms with Gasteiger partial charge >= 0.3 is 0 Å². The second-order valence-electron chi connectivity index (χ2n) is 7.41. The van der Waals surface area contributed by atoms with Crippen molar-refractivity contribution in [2.75, 3.05) is 19.7 Å². The van der Waals surface area contributed by atoms with Gasteiger partial charge in [-0.15, -0.1) is 5.10 Å². The van der Waals surface area contributed by atoms with E-state index < -0.39 is 10.0 Å². The maximum absolute atomic E-state index is 12.8. The summed E-state index contributed by atoms with van der Waals surface area (Å²) in [6, 6.07) is 4.73. The Balaban J connectivity index is 1.72. The number of amides is 1. The quantitative estimate of drug-likeness (QED) is 0.691. The van der Waals surface area contributed by atoms with Crippen molar-refractivity contribution < 1.29 is 18.0 Å². The molecule has 2 atom stereocenters. The summed E-state index contributed by atoms with van der Waals surface area (Å²) in [6.07, 6.45) is 4.41. The predicted molar refractivity (Wildman–Crippen MR) is 109 cm³/mol. The van der Waals surface area contributed by atoms with Crippen molar-refractivity contribution in [3.05, 3.63) is 18.2 Å². The fourth-order valence-corrected chi connectivity index (χ4v) is 5.22. The van der Waals surface area contributed by atoms with Crippen molar-refractivity contribution in [3.8, 4) is 0 Å². The molecule has 9 nitrogen and oxygen atoms in total. The molecule has 1 N–H and O–H groups in total. The molecule has 0 bridgehead atoms. The number of sulfonamides is 1. The monoisotopic (exact) mass is 423 g/mol. The molecule has 1 aliphatic rings. The van der Waals surface area contributed by atoms with E-state index in [0.29, 0.717) is 30.0 Å². The zero-order chi connectivity index (χ0) is 21.0. The summed E-state index contributed by atoms with van der Waals surface area (Å²) in [5, 5.41) is 10.9. The van der Waals surface area contributed by atoms with Crippen molar-refractivity contribution >= 4 is 27.0 Å². The average molecular weight is 424 g/mol. The van der Waals surface area contributed by atoms with Gasteiger partial charge < -0.3 is 10.2 Å². The van der Waals surface area contributed by atoms with Gasteiger partial charge in [-0.25, -0.2) is 8.42 Å². The van der Waals surface area contributed by atoms with E-state index in [-0.39, 0.29) is 23.5 Å². The molecule has 0 spiro atoms. The number of nitrogens with one attached hydrogen (secondary N) is 1. The maximum atomic E-state index is 12.8. The van der Waals surface area contributed by atoms with Crippen LogP contribution < -0.4 is 10.2 Å². The van der Waals surface area contributed by atoms with Crippen LogP contribution in [0.2, 0.25) is 0 Å². The summed E-state index contributed by atoms with van der Waals surface area (Å²) in [6.45, 7) is 6.28. The first-order chi connectivity index (χ1) is 13.9. The van der Waals surface area contributed by atoms with Crippen molar-refractivity contribution in [2.45, 2.75) is 57.4 Å². The number of carbonyl (C=O) groups excluding carboxylic acids is 1. The molecule has 0 saturated heterocycles. The average Bonchev–Trinajstić information content (AvgIpc) is 3.11. The molecule has 29 heavy (non-hydrogen) atoms. The lowest BCUT2D eigenvalue weighted by atomic mass is 9.86. The first kappa shape index (κ1) is 21.5. The van der Waals surface area contributed by atoms with Gasteiger partial charge in [0.05, 0.1) is 4.90 Å². The number of benzene rings is 1. The normalized spacial score (nSPS) is 20.1. The summed E-state index contributed by atoms with van der Waals surface area (Å²) in [5.41, 5.74) is 0.891. The number of fused-ring (bicyclic) bond motifs is 1. The minimum Gasteiger partial charge on any atom is -0.385 e. The number of rotatable bonds is 8. The lowest BCUT2D eigenvalue weighted by Gasteiger charge is -2.29. The van der Waals surface area contributed by atoms with E-state index in [1.54, 1.807) is 19.9 Å². The molecule has 0 unspecified atom stereocenters. The fraction of sp³-hybridized carbons (Fsp3) is 0.632. The fourth-order valence-electron chi connectivity index (χ4n) is 3.75. The van der Waals surface area contributed by atoms with Crippen LogP contribution in [-0.2, 0) is 14.8 Å². The van der Waals surface area contributed by atoms with Crippen molar-refractivity contribution in [3.63, 3.8) is 0 Å². The third-order valence-corrected chi connectivity index (χ3v) is 7.55. The van der Waals surface area contributed by atoms with Gasteiger partial charge in [0.1, 0.15) is 11.0 Å². The Hall–Kier alpha value is -2.20. The molecule has 0 aliphatic heterocycles. The van der Waals surface area contributed by atoms with Crippen LogP contribution in [0.5, 0.6) is 0 Å². The third kappa shape index (κ3) is 4.69. The van der Waals surface area contributed by atoms with Gasteiger partial charge in [-0.1, -0.05) is 38.5 Å². The van der Waals surface area contributed by atoms with E-state index >= 15 is 0 Å². The summed E-state index contributed by atoms with van der Waals surface area (Å²) in [7, 11) is -3.61. The van der Waals surface area contributed by atoms with Crippen LogP contribution in [-0.4, -0.2) is 59.5 Å². The summed E-state index contributed by atoms with van der Waals surface area (Å²) >= 11 is 0. The highest BCUT2D eigenvalue weighted by Gasteiger charge is 2.24. The Morgan fingerprint density at radius 2 is 2.00 bits per heavy atom. The minimum atomic E-state index is -3.61. The Morgan fingerprint density at radius 3 is 2.69 bits per heavy atom. The highest BCUT2D eigenvalue weighted by Crippen LogP contribution is 2.23. The number of nitrogens with zero attached hydrogens (tertiary/aromatic N) is 4. The lowest BCUT2D eigenvalue weighted by Crippen LogP contribution is -2.43. The zero-order valence-corrected chi connectivity index (χ0v) is 18.0. The smallest absolute Gasteiger partial charge is 0.261 e. The van der Waals surface area contributed by atoms with Crippen LogP contribution >= 0.6 is 0 Å². The first-order valence-electron chi connectivity index (χ1n) is 10.1. The van der Waals surface area contributed by atoms with Crippen molar-refractivity contribution in [2.24, 2.45) is 5.92 Å². The second-order valence-corrected chi connectivity index (χ2v) is 9.35. The highest BCUT2D eigenvalue weighted by molar-refractivity contribution is 7.89. The number of carbonyl (C=O) groups is 1. The lowest BCUT2D eigenvalue weighted by molar-refractivity contribution is -0.127. The number of hydrogen-bond acceptors (Lipinski definition) is 6. The van der Waals surface area contributed by atoms with Crippen LogP contribution in [0.1, 0.15) is 46.5 Å². The van der Waals surface area contributed by atoms with E-state index in [1.165, 1.54) is 22.9 Å². The van der Waals surface area contributed by atoms with Gasteiger partial charge in [0, 0.05) is 19.1 Å². The van der Waals surface area contributed by atoms with E-state index in [2.05, 4.69) is 22.6 Å². The van der Waals surface area contributed by atoms with Gasteiger partial charge in [0.2, 0.25) is 10.0 Å². The Labute approximate surface area is 171 Å². The standard InChI is InChI=1S/C19H29N5O4S/c1-4-23(5-2)29(26,27)15-10-11-17-18(12-15)24(22-21-17)28-13-19(25)20-16-9-7-6-8-14(16)3/h10-12,14,16H,4-9,13H2,1-3H3,(H,20,25)/t14-,16-/m1/s1. The second kappa shape index (κ2) is 9.08. The molecule has 10 heteroatoms. The van der Waals surface area contributed by atoms with Crippen molar-refractivity contribution in [1.82, 2.24) is 24.8 Å². The molecule has 1 fully saturated rings. The molecule has 1 aromatic carbocycles. The van der Waals surface area contributed by atoms with Crippen LogP contribution in [0.25, 0.3) is 11.0 Å². The van der Waals surface area contributed by atoms with Gasteiger partial charge in [0.15, 0.2) is 6.61 Å². The molecule has 1 heterocycles. The van der Waals surface area contributed by atoms with Gasteiger partial charge in [-0.3, -0.25) is 4.79 Å². The Bertz CT molecular complexity index is 955. The molecule has 2 aromatic rings. The van der Waals surface area contributed by atoms with E-state index in [9.17, 15) is 13.2 Å². The number of hydrogen-bond donors (Lipinski definition) is 1. The van der Waals surface area contributed by atoms with Crippen molar-refractivity contribution in [1.29, 1.82) is 0 Å².